The molecule has 1 aliphatic carbocycles. The van der Waals surface area contributed by atoms with E-state index in [1.807, 2.05) is 16.6 Å². The van der Waals surface area contributed by atoms with Crippen LogP contribution >= 0.6 is 12.4 Å². The maximum Gasteiger partial charge on any atom is 0.274 e. The molecule has 0 spiro atoms. The minimum absolute atomic E-state index is 0. The molecule has 1 saturated heterocycles. The molecule has 0 unspecified atom stereocenters. The number of nitrogens with one attached hydrogen (secondary N) is 1. The lowest BCUT2D eigenvalue weighted by molar-refractivity contribution is 0.0683. The topological polar surface area (TPSA) is 50.2 Å². The van der Waals surface area contributed by atoms with Gasteiger partial charge in [-0.2, -0.15) is 5.10 Å². The van der Waals surface area contributed by atoms with Gasteiger partial charge in [-0.25, -0.2) is 4.68 Å². The fraction of sp³-hybridized carbons (Fsp3) is 0.545. The van der Waals surface area contributed by atoms with Crippen LogP contribution in [-0.2, 0) is 12.8 Å². The molecule has 1 fully saturated rings. The van der Waals surface area contributed by atoms with Crippen LogP contribution in [0.5, 0.6) is 0 Å². The molecule has 0 radical (unpaired) electrons. The average Bonchev–Trinajstić information content (AvgIpc) is 3.25. The third kappa shape index (κ3) is 3.83. The molecular formula is C22H31ClN4O. The number of halogens is 1. The molecule has 6 heteroatoms. The number of aromatic nitrogens is 2. The molecule has 1 amide bonds. The number of likely N-dealkylation sites (tertiary alicyclic amines) is 1. The minimum atomic E-state index is 0. The number of nitrogens with zero attached hydrogens (tertiary/aromatic N) is 3. The number of hydrogen-bond donors (Lipinski definition) is 1. The van der Waals surface area contributed by atoms with Gasteiger partial charge >= 0.3 is 0 Å². The molecule has 2 heterocycles. The van der Waals surface area contributed by atoms with Gasteiger partial charge in [0, 0.05) is 24.3 Å². The van der Waals surface area contributed by atoms with E-state index >= 15 is 0 Å². The van der Waals surface area contributed by atoms with Crippen LogP contribution in [0.4, 0.5) is 0 Å². The zero-order valence-corrected chi connectivity index (χ0v) is 17.9. The minimum Gasteiger partial charge on any atom is -0.337 e. The van der Waals surface area contributed by atoms with Crippen molar-refractivity contribution in [2.45, 2.75) is 46.0 Å². The van der Waals surface area contributed by atoms with Crippen molar-refractivity contribution in [2.24, 2.45) is 5.92 Å². The SMILES string of the molecule is CNCC1CCN(C(=O)c2nn(-c3ccc(C)cc3C)c3c2CCC3)CC1.Cl. The average molecular weight is 403 g/mol. The fourth-order valence-electron chi connectivity index (χ4n) is 4.63. The number of carbonyl (C=O) groups excluding carboxylic acids is 1. The van der Waals surface area contributed by atoms with Crippen LogP contribution in [0.3, 0.4) is 0 Å². The number of fused-ring (bicyclic) bond motifs is 1. The number of piperidine rings is 1. The Balaban J connectivity index is 0.00000225. The molecule has 1 N–H and O–H groups in total. The zero-order valence-electron chi connectivity index (χ0n) is 17.1. The van der Waals surface area contributed by atoms with E-state index in [1.165, 1.54) is 22.4 Å². The number of carbonyl (C=O) groups is 1. The summed E-state index contributed by atoms with van der Waals surface area (Å²) in [6, 6.07) is 6.44. The van der Waals surface area contributed by atoms with Crippen molar-refractivity contribution in [1.29, 1.82) is 0 Å². The van der Waals surface area contributed by atoms with Crippen molar-refractivity contribution < 1.29 is 4.79 Å². The Bertz CT molecular complexity index is 852. The predicted octanol–water partition coefficient (Wildman–Crippen LogP) is 3.47. The van der Waals surface area contributed by atoms with Crippen molar-refractivity contribution in [3.05, 3.63) is 46.3 Å². The Kier molecular flexibility index (Phi) is 6.46. The smallest absolute Gasteiger partial charge is 0.274 e. The third-order valence-corrected chi connectivity index (χ3v) is 6.11. The lowest BCUT2D eigenvalue weighted by atomic mass is 9.96. The van der Waals surface area contributed by atoms with Crippen molar-refractivity contribution in [2.75, 3.05) is 26.7 Å². The van der Waals surface area contributed by atoms with Crippen LogP contribution in [-0.4, -0.2) is 47.3 Å². The second-order valence-electron chi connectivity index (χ2n) is 8.12. The summed E-state index contributed by atoms with van der Waals surface area (Å²) in [5.41, 5.74) is 6.66. The molecule has 0 bridgehead atoms. The second-order valence-corrected chi connectivity index (χ2v) is 8.12. The van der Waals surface area contributed by atoms with Gasteiger partial charge in [-0.15, -0.1) is 12.4 Å². The van der Waals surface area contributed by atoms with Crippen molar-refractivity contribution in [3.63, 3.8) is 0 Å². The summed E-state index contributed by atoms with van der Waals surface area (Å²) in [5, 5.41) is 8.09. The van der Waals surface area contributed by atoms with Gasteiger partial charge in [-0.05, 0) is 77.1 Å². The number of rotatable bonds is 4. The third-order valence-electron chi connectivity index (χ3n) is 6.11. The molecule has 0 atom stereocenters. The molecule has 5 nitrogen and oxygen atoms in total. The highest BCUT2D eigenvalue weighted by Gasteiger charge is 2.31. The standard InChI is InChI=1S/C22H30N4O.ClH/c1-15-7-8-19(16(2)13-15)26-20-6-4-5-18(20)21(24-26)22(27)25-11-9-17(10-12-25)14-23-3;/h7-8,13,17,23H,4-6,9-12,14H2,1-3H3;1H. The number of benzene rings is 1. The van der Waals surface area contributed by atoms with Crippen molar-refractivity contribution >= 4 is 18.3 Å². The quantitative estimate of drug-likeness (QED) is 0.851. The Morgan fingerprint density at radius 3 is 2.64 bits per heavy atom. The molecule has 152 valence electrons. The van der Waals surface area contributed by atoms with Gasteiger partial charge in [0.15, 0.2) is 5.69 Å². The van der Waals surface area contributed by atoms with E-state index in [-0.39, 0.29) is 18.3 Å². The summed E-state index contributed by atoms with van der Waals surface area (Å²) in [7, 11) is 2.00. The number of amides is 1. The Morgan fingerprint density at radius 2 is 1.96 bits per heavy atom. The lowest BCUT2D eigenvalue weighted by Gasteiger charge is -2.31. The van der Waals surface area contributed by atoms with Crippen LogP contribution in [0.25, 0.3) is 5.69 Å². The summed E-state index contributed by atoms with van der Waals surface area (Å²) < 4.78 is 2.04. The predicted molar refractivity (Wildman–Crippen MR) is 115 cm³/mol. The van der Waals surface area contributed by atoms with E-state index in [9.17, 15) is 4.79 Å². The summed E-state index contributed by atoms with van der Waals surface area (Å²) in [4.78, 5) is 15.3. The largest absolute Gasteiger partial charge is 0.337 e. The fourth-order valence-corrected chi connectivity index (χ4v) is 4.63. The Labute approximate surface area is 173 Å². The molecule has 1 aromatic heterocycles. The summed E-state index contributed by atoms with van der Waals surface area (Å²) in [5.74, 6) is 0.803. The molecular weight excluding hydrogens is 372 g/mol. The maximum atomic E-state index is 13.2. The highest BCUT2D eigenvalue weighted by Crippen LogP contribution is 2.30. The van der Waals surface area contributed by atoms with E-state index in [0.717, 1.165) is 57.4 Å². The molecule has 2 aliphatic rings. The van der Waals surface area contributed by atoms with E-state index in [4.69, 9.17) is 5.10 Å². The first-order valence-corrected chi connectivity index (χ1v) is 10.2. The maximum absolute atomic E-state index is 13.2. The Morgan fingerprint density at radius 1 is 1.21 bits per heavy atom. The first-order chi connectivity index (χ1) is 13.1. The molecule has 4 rings (SSSR count). The first kappa shape index (κ1) is 20.9. The van der Waals surface area contributed by atoms with Crippen LogP contribution in [0, 0.1) is 19.8 Å². The lowest BCUT2D eigenvalue weighted by Crippen LogP contribution is -2.40. The molecule has 1 aromatic carbocycles. The van der Waals surface area contributed by atoms with Crippen LogP contribution in [0.1, 0.15) is 52.1 Å². The highest BCUT2D eigenvalue weighted by molar-refractivity contribution is 5.94. The van der Waals surface area contributed by atoms with Crippen molar-refractivity contribution in [3.8, 4) is 5.69 Å². The molecule has 28 heavy (non-hydrogen) atoms. The van der Waals surface area contributed by atoms with Gasteiger partial charge in [0.2, 0.25) is 0 Å². The van der Waals surface area contributed by atoms with E-state index < -0.39 is 0 Å². The van der Waals surface area contributed by atoms with Gasteiger partial charge < -0.3 is 10.2 Å². The van der Waals surface area contributed by atoms with Gasteiger partial charge in [0.05, 0.1) is 5.69 Å². The number of hydrogen-bond acceptors (Lipinski definition) is 3. The zero-order chi connectivity index (χ0) is 19.0. The van der Waals surface area contributed by atoms with E-state index in [1.54, 1.807) is 0 Å². The van der Waals surface area contributed by atoms with E-state index in [0.29, 0.717) is 11.6 Å². The normalized spacial score (nSPS) is 16.8. The van der Waals surface area contributed by atoms with Crippen LogP contribution < -0.4 is 5.32 Å². The molecule has 0 saturated carbocycles. The van der Waals surface area contributed by atoms with Gasteiger partial charge in [0.1, 0.15) is 0 Å². The summed E-state index contributed by atoms with van der Waals surface area (Å²) in [6.45, 7) is 6.96. The summed E-state index contributed by atoms with van der Waals surface area (Å²) >= 11 is 0. The second kappa shape index (κ2) is 8.66. The Hall–Kier alpha value is -1.85. The van der Waals surface area contributed by atoms with Crippen LogP contribution in [0.15, 0.2) is 18.2 Å². The monoisotopic (exact) mass is 402 g/mol. The molecule has 1 aliphatic heterocycles. The molecule has 2 aromatic rings. The van der Waals surface area contributed by atoms with Gasteiger partial charge in [-0.1, -0.05) is 17.7 Å². The van der Waals surface area contributed by atoms with Crippen molar-refractivity contribution in [1.82, 2.24) is 20.0 Å². The van der Waals surface area contributed by atoms with E-state index in [2.05, 4.69) is 37.4 Å². The number of aryl methyl sites for hydroxylation is 2. The van der Waals surface area contributed by atoms with Gasteiger partial charge in [-0.3, -0.25) is 4.79 Å². The van der Waals surface area contributed by atoms with Gasteiger partial charge in [0.25, 0.3) is 5.91 Å². The van der Waals surface area contributed by atoms with Crippen LogP contribution in [0.2, 0.25) is 0 Å². The summed E-state index contributed by atoms with van der Waals surface area (Å²) in [6.07, 6.45) is 5.24. The first-order valence-electron chi connectivity index (χ1n) is 10.2. The highest BCUT2D eigenvalue weighted by atomic mass is 35.5.